The maximum Gasteiger partial charge on any atom is 0.407 e. The molecule has 0 saturated carbocycles. The number of hydrogen-bond donors (Lipinski definition) is 1. The maximum absolute atomic E-state index is 12.5. The molecule has 0 heterocycles. The van der Waals surface area contributed by atoms with Crippen molar-refractivity contribution in [1.82, 2.24) is 9.99 Å². The molecule has 0 aromatic heterocycles. The van der Waals surface area contributed by atoms with Gasteiger partial charge in [-0.1, -0.05) is 55.0 Å². The monoisotopic (exact) mass is 583 g/mol. The van der Waals surface area contributed by atoms with E-state index < -0.39 is 8.53 Å². The van der Waals surface area contributed by atoms with Gasteiger partial charge in [0.05, 0.1) is 13.2 Å². The number of nitrogens with one attached hydrogen (secondary N) is 1. The summed E-state index contributed by atoms with van der Waals surface area (Å²) in [6, 6.07) is 17.2. The zero-order valence-corrected chi connectivity index (χ0v) is 26.1. The SMILES string of the molecule is [C-]#[N+]CCOP(OCC(CCCCNC(=O)OCC1c2ccccc2-c2ccccc21)COC)N(C(C)C)C(C)C. The molecule has 0 aliphatic heterocycles. The molecule has 0 radical (unpaired) electrons. The molecule has 0 saturated heterocycles. The number of unbranched alkanes of at least 4 members (excludes halogenated alkanes) is 1. The lowest BCUT2D eigenvalue weighted by Gasteiger charge is -2.36. The summed E-state index contributed by atoms with van der Waals surface area (Å²) >= 11 is 0. The van der Waals surface area contributed by atoms with Crippen LogP contribution in [0.4, 0.5) is 4.79 Å². The van der Waals surface area contributed by atoms with Crippen molar-refractivity contribution in [2.75, 3.05) is 46.6 Å². The molecule has 9 heteroatoms. The number of amides is 1. The third-order valence-corrected chi connectivity index (χ3v) is 9.20. The summed E-state index contributed by atoms with van der Waals surface area (Å²) in [7, 11) is 0.436. The molecule has 2 unspecified atom stereocenters. The van der Waals surface area contributed by atoms with Gasteiger partial charge in [0.2, 0.25) is 6.54 Å². The summed E-state index contributed by atoms with van der Waals surface area (Å²) in [6.45, 7) is 18.2. The number of ether oxygens (including phenoxy) is 2. The van der Waals surface area contributed by atoms with E-state index in [0.29, 0.717) is 39.5 Å². The Kier molecular flexibility index (Phi) is 14.0. The van der Waals surface area contributed by atoms with Gasteiger partial charge in [-0.15, -0.1) is 0 Å². The van der Waals surface area contributed by atoms with Crippen LogP contribution < -0.4 is 5.32 Å². The highest BCUT2D eigenvalue weighted by Crippen LogP contribution is 2.46. The van der Waals surface area contributed by atoms with Crippen LogP contribution in [0.1, 0.15) is 64.0 Å². The van der Waals surface area contributed by atoms with Gasteiger partial charge in [-0.2, -0.15) is 0 Å². The van der Waals surface area contributed by atoms with Gasteiger partial charge in [-0.25, -0.2) is 16.0 Å². The van der Waals surface area contributed by atoms with Gasteiger partial charge >= 0.3 is 6.09 Å². The smallest absolute Gasteiger partial charge is 0.407 e. The fourth-order valence-electron chi connectivity index (χ4n) is 5.33. The fourth-order valence-corrected chi connectivity index (χ4v) is 7.00. The van der Waals surface area contributed by atoms with E-state index >= 15 is 0 Å². The summed E-state index contributed by atoms with van der Waals surface area (Å²) in [5.74, 6) is 0.270. The number of carbonyl (C=O) groups is 1. The molecule has 8 nitrogen and oxygen atoms in total. The second-order valence-corrected chi connectivity index (χ2v) is 12.3. The predicted molar refractivity (Wildman–Crippen MR) is 165 cm³/mol. The standard InChI is InChI=1S/C32H46N3O5P/c1-24(2)35(25(3)4)41(39-20-19-33-5)40-22-26(21-37-6)13-11-12-18-34-32(36)38-23-31-29-16-9-7-14-27(29)28-15-8-10-17-30(28)31/h7-10,14-17,24-26,31H,11-13,18-23H2,1-4,6H3,(H,34,36). The maximum atomic E-state index is 12.5. The third kappa shape index (κ3) is 9.77. The van der Waals surface area contributed by atoms with Crippen LogP contribution in [0.2, 0.25) is 0 Å². The van der Waals surface area contributed by atoms with Crippen molar-refractivity contribution in [2.45, 2.75) is 65.0 Å². The molecule has 0 spiro atoms. The summed E-state index contributed by atoms with van der Waals surface area (Å²) in [5.41, 5.74) is 4.85. The highest BCUT2D eigenvalue weighted by Gasteiger charge is 2.30. The number of carbonyl (C=O) groups excluding carboxylic acids is 1. The normalized spacial score (nSPS) is 14.1. The van der Waals surface area contributed by atoms with Gasteiger partial charge in [0.1, 0.15) is 13.2 Å². The third-order valence-electron chi connectivity index (χ3n) is 7.13. The first-order chi connectivity index (χ1) is 19.9. The Balaban J connectivity index is 1.41. The van der Waals surface area contributed by atoms with Crippen LogP contribution in [-0.4, -0.2) is 69.5 Å². The zero-order chi connectivity index (χ0) is 29.6. The van der Waals surface area contributed by atoms with Crippen LogP contribution in [-0.2, 0) is 18.5 Å². The van der Waals surface area contributed by atoms with Crippen LogP contribution in [0, 0.1) is 12.5 Å². The first-order valence-corrected chi connectivity index (χ1v) is 15.8. The number of fused-ring (bicyclic) bond motifs is 3. The predicted octanol–water partition coefficient (Wildman–Crippen LogP) is 7.26. The highest BCUT2D eigenvalue weighted by atomic mass is 31.2. The van der Waals surface area contributed by atoms with E-state index in [0.717, 1.165) is 19.3 Å². The number of benzene rings is 2. The molecular formula is C32H46N3O5P. The van der Waals surface area contributed by atoms with Gasteiger partial charge in [0.15, 0.2) is 0 Å². The van der Waals surface area contributed by atoms with E-state index in [9.17, 15) is 4.79 Å². The summed E-state index contributed by atoms with van der Waals surface area (Å²) in [4.78, 5) is 15.9. The van der Waals surface area contributed by atoms with Crippen LogP contribution in [0.15, 0.2) is 48.5 Å². The first kappa shape index (κ1) is 33.0. The van der Waals surface area contributed by atoms with Crippen molar-refractivity contribution in [2.24, 2.45) is 5.92 Å². The van der Waals surface area contributed by atoms with Crippen molar-refractivity contribution < 1.29 is 23.3 Å². The van der Waals surface area contributed by atoms with Gasteiger partial charge in [-0.3, -0.25) is 0 Å². The molecule has 1 aliphatic rings. The van der Waals surface area contributed by atoms with Gasteiger partial charge in [0.25, 0.3) is 8.53 Å². The van der Waals surface area contributed by atoms with Crippen LogP contribution in [0.5, 0.6) is 0 Å². The van der Waals surface area contributed by atoms with E-state index in [-0.39, 0.29) is 30.0 Å². The molecule has 2 aromatic carbocycles. The molecular weight excluding hydrogens is 537 g/mol. The lowest BCUT2D eigenvalue weighted by atomic mass is 9.98. The lowest BCUT2D eigenvalue weighted by Crippen LogP contribution is -2.34. The minimum atomic E-state index is -1.27. The largest absolute Gasteiger partial charge is 0.449 e. The summed E-state index contributed by atoms with van der Waals surface area (Å²) < 4.78 is 25.7. The number of methoxy groups -OCH3 is 1. The minimum absolute atomic E-state index is 0.0566. The first-order valence-electron chi connectivity index (χ1n) is 14.6. The van der Waals surface area contributed by atoms with Crippen molar-refractivity contribution in [1.29, 1.82) is 0 Å². The molecule has 2 atom stereocenters. The Hall–Kier alpha value is -2.53. The highest BCUT2D eigenvalue weighted by molar-refractivity contribution is 7.44. The van der Waals surface area contributed by atoms with Gasteiger partial charge in [-0.05, 0) is 62.8 Å². The number of alkyl carbamates (subject to hydrolysis) is 1. The van der Waals surface area contributed by atoms with E-state index in [1.165, 1.54) is 22.3 Å². The Morgan fingerprint density at radius 3 is 2.20 bits per heavy atom. The molecule has 1 amide bonds. The topological polar surface area (TPSA) is 73.6 Å². The fraction of sp³-hybridized carbons (Fsp3) is 0.562. The average molecular weight is 584 g/mol. The Labute approximate surface area is 247 Å². The van der Waals surface area contributed by atoms with E-state index in [1.54, 1.807) is 7.11 Å². The number of rotatable bonds is 18. The van der Waals surface area contributed by atoms with E-state index in [2.05, 4.69) is 66.8 Å². The number of nitrogens with zero attached hydrogens (tertiary/aromatic N) is 2. The van der Waals surface area contributed by atoms with Crippen molar-refractivity contribution >= 4 is 14.6 Å². The second kappa shape index (κ2) is 17.4. The van der Waals surface area contributed by atoms with Crippen molar-refractivity contribution in [3.8, 4) is 11.1 Å². The molecule has 2 aromatic rings. The summed E-state index contributed by atoms with van der Waals surface area (Å²) in [5, 5.41) is 2.91. The molecule has 224 valence electrons. The molecule has 3 rings (SSSR count). The van der Waals surface area contributed by atoms with E-state index in [4.69, 9.17) is 25.1 Å². The van der Waals surface area contributed by atoms with Crippen molar-refractivity contribution in [3.63, 3.8) is 0 Å². The average Bonchev–Trinajstić information content (AvgIpc) is 3.27. The Morgan fingerprint density at radius 2 is 1.61 bits per heavy atom. The summed E-state index contributed by atoms with van der Waals surface area (Å²) in [6.07, 6.45) is 2.29. The molecule has 0 bridgehead atoms. The molecule has 41 heavy (non-hydrogen) atoms. The molecule has 1 aliphatic carbocycles. The Morgan fingerprint density at radius 1 is 0.976 bits per heavy atom. The van der Waals surface area contributed by atoms with Gasteiger partial charge < -0.3 is 28.7 Å². The Bertz CT molecular complexity index is 1070. The molecule has 0 fully saturated rings. The lowest BCUT2D eigenvalue weighted by molar-refractivity contribution is 0.0977. The number of hydrogen-bond acceptors (Lipinski definition) is 6. The minimum Gasteiger partial charge on any atom is -0.449 e. The quantitative estimate of drug-likeness (QED) is 0.113. The van der Waals surface area contributed by atoms with Crippen LogP contribution in [0.3, 0.4) is 0 Å². The van der Waals surface area contributed by atoms with Crippen LogP contribution in [0.25, 0.3) is 16.0 Å². The second-order valence-electron chi connectivity index (χ2n) is 10.9. The van der Waals surface area contributed by atoms with Crippen LogP contribution >= 0.6 is 8.53 Å². The van der Waals surface area contributed by atoms with Crippen molar-refractivity contribution in [3.05, 3.63) is 71.1 Å². The molecule has 1 N–H and O–H groups in total. The zero-order valence-electron chi connectivity index (χ0n) is 25.2. The van der Waals surface area contributed by atoms with Gasteiger partial charge in [0, 0.05) is 37.6 Å². The van der Waals surface area contributed by atoms with E-state index in [1.807, 2.05) is 24.3 Å².